The second kappa shape index (κ2) is 14.2. The van der Waals surface area contributed by atoms with Crippen molar-refractivity contribution in [1.82, 2.24) is 15.0 Å². The van der Waals surface area contributed by atoms with Crippen LogP contribution in [0.2, 0.25) is 17.3 Å². The van der Waals surface area contributed by atoms with Gasteiger partial charge in [-0.2, -0.15) is 11.3 Å². The number of hydrogen-bond acceptors (Lipinski definition) is 4. The normalized spacial score (nSPS) is 14.8. The predicted molar refractivity (Wildman–Crippen MR) is 193 cm³/mol. The zero-order valence-corrected chi connectivity index (χ0v) is 32.6. The molecule has 6 rings (SSSR count). The first-order valence-corrected chi connectivity index (χ1v) is 23.0. The Bertz CT molecular complexity index is 2250. The van der Waals surface area contributed by atoms with E-state index in [1.807, 2.05) is 59.0 Å². The SMILES string of the molecule is [2H]C([2H])([2H])c1c[c-]c(-c2cc(C([2H])(C)C)[c]([Ge]([CH3])([CH3])[CH3])cn2)cc1.[2H]C([2H])([2H])c1ccc2c(n1)sc1c(-c3cc(C(C)(C)C)c(F)cn3)[c-]ccc12.[Ir]. The van der Waals surface area contributed by atoms with Gasteiger partial charge >= 0.3 is 131 Å². The van der Waals surface area contributed by atoms with Crippen LogP contribution in [0.5, 0.6) is 0 Å². The van der Waals surface area contributed by atoms with Crippen molar-refractivity contribution in [3.05, 3.63) is 107 Å². The number of aromatic nitrogens is 3. The number of nitrogens with zero attached hydrogens (tertiary/aromatic N) is 3. The van der Waals surface area contributed by atoms with Crippen molar-refractivity contribution in [3.63, 3.8) is 0 Å². The minimum absolute atomic E-state index is 0. The van der Waals surface area contributed by atoms with Crippen LogP contribution in [0.3, 0.4) is 0 Å². The van der Waals surface area contributed by atoms with Crippen LogP contribution in [0.25, 0.3) is 42.8 Å². The monoisotopic (exact) mass is 877 g/mol. The van der Waals surface area contributed by atoms with E-state index in [1.165, 1.54) is 28.0 Å². The summed E-state index contributed by atoms with van der Waals surface area (Å²) >= 11 is -0.736. The summed E-state index contributed by atoms with van der Waals surface area (Å²) in [6.45, 7) is 5.29. The van der Waals surface area contributed by atoms with Crippen LogP contribution in [0.4, 0.5) is 4.39 Å². The molecule has 0 saturated heterocycles. The van der Waals surface area contributed by atoms with E-state index in [-0.39, 0.29) is 42.6 Å². The molecule has 7 heteroatoms. The molecular formula is C39H42FGeIrN3S-2. The molecule has 0 saturated carbocycles. The van der Waals surface area contributed by atoms with Gasteiger partial charge in [0, 0.05) is 29.9 Å². The molecule has 0 fully saturated rings. The van der Waals surface area contributed by atoms with Gasteiger partial charge in [-0.15, -0.1) is 23.8 Å². The Morgan fingerprint density at radius 2 is 1.70 bits per heavy atom. The maximum absolute atomic E-state index is 14.3. The average molecular weight is 876 g/mol. The van der Waals surface area contributed by atoms with E-state index in [9.17, 15) is 4.39 Å². The van der Waals surface area contributed by atoms with Gasteiger partial charge < -0.3 is 4.98 Å². The molecule has 0 unspecified atom stereocenters. The van der Waals surface area contributed by atoms with Crippen LogP contribution < -0.4 is 4.40 Å². The van der Waals surface area contributed by atoms with E-state index in [0.717, 1.165) is 37.9 Å². The molecule has 241 valence electrons. The molecule has 2 aromatic carbocycles. The zero-order valence-electron chi connectivity index (χ0n) is 34.3. The second-order valence-electron chi connectivity index (χ2n) is 13.4. The van der Waals surface area contributed by atoms with Crippen molar-refractivity contribution in [3.8, 4) is 22.5 Å². The fourth-order valence-electron chi connectivity index (χ4n) is 5.16. The number of pyridine rings is 3. The standard InChI is InChI=1S/C21H18FN2S.C18H24GeN.Ir/c1-12-8-9-14-13-6-5-7-15(19(13)25-20(14)24-12)18-10-16(21(2,3)4)17(22)11-23-18;1-13(2)16-11-18(15-9-7-14(3)8-10-15)20-12-17(16)19(4,5)6;/h5-6,8-11H,1-4H3;7-9,11-13H,1-6H3;/q2*-1;/i1D3;3D3,13D;. The van der Waals surface area contributed by atoms with E-state index in [0.29, 0.717) is 16.1 Å². The quantitative estimate of drug-likeness (QED) is 0.131. The van der Waals surface area contributed by atoms with Crippen LogP contribution in [-0.2, 0) is 25.5 Å². The predicted octanol–water partition coefficient (Wildman–Crippen LogP) is 10.6. The number of thiophene rings is 1. The number of rotatable bonds is 4. The first-order chi connectivity index (χ1) is 23.9. The van der Waals surface area contributed by atoms with Gasteiger partial charge in [-0.25, -0.2) is 9.37 Å². The molecule has 0 N–H and O–H groups in total. The van der Waals surface area contributed by atoms with Crippen LogP contribution >= 0.6 is 11.3 Å². The molecule has 0 aliphatic rings. The van der Waals surface area contributed by atoms with Crippen molar-refractivity contribution in [1.29, 1.82) is 0 Å². The van der Waals surface area contributed by atoms with E-state index in [1.54, 1.807) is 30.3 Å². The van der Waals surface area contributed by atoms with E-state index < -0.39 is 32.9 Å². The van der Waals surface area contributed by atoms with Gasteiger partial charge in [0.1, 0.15) is 10.6 Å². The molecule has 0 aliphatic carbocycles. The van der Waals surface area contributed by atoms with Crippen LogP contribution in [0.15, 0.2) is 67.0 Å². The van der Waals surface area contributed by atoms with Crippen molar-refractivity contribution in [2.45, 2.75) is 76.9 Å². The smallest absolute Gasteiger partial charge is 0.143 e. The van der Waals surface area contributed by atoms with Gasteiger partial charge in [-0.05, 0) is 39.7 Å². The Morgan fingerprint density at radius 3 is 2.33 bits per heavy atom. The fraction of sp³-hybridized carbons (Fsp3) is 0.308. The van der Waals surface area contributed by atoms with Gasteiger partial charge in [0.2, 0.25) is 0 Å². The summed E-state index contributed by atoms with van der Waals surface area (Å²) in [5, 5.41) is 1.85. The molecule has 3 nitrogen and oxygen atoms in total. The molecule has 0 amide bonds. The largest absolute Gasteiger partial charge is 0.302 e. The van der Waals surface area contributed by atoms with Crippen LogP contribution in [0.1, 0.15) is 72.5 Å². The third kappa shape index (κ3) is 7.85. The Balaban J connectivity index is 0.000000235. The fourth-order valence-corrected chi connectivity index (χ4v) is 9.66. The maximum Gasteiger partial charge on any atom is 0.143 e. The second-order valence-corrected chi connectivity index (χ2v) is 25.0. The van der Waals surface area contributed by atoms with Gasteiger partial charge in [0.05, 0.1) is 6.20 Å². The molecule has 4 aromatic heterocycles. The molecule has 1 radical (unpaired) electrons. The summed E-state index contributed by atoms with van der Waals surface area (Å²) in [7, 11) is 0. The Morgan fingerprint density at radius 1 is 0.935 bits per heavy atom. The minimum atomic E-state index is -2.25. The Kier molecular flexibility index (Phi) is 8.37. The minimum Gasteiger partial charge on any atom is -0.302 e. The van der Waals surface area contributed by atoms with Gasteiger partial charge in [-0.3, -0.25) is 0 Å². The molecule has 0 aliphatic heterocycles. The first kappa shape index (κ1) is 27.2. The Hall–Kier alpha value is -2.77. The molecule has 0 spiro atoms. The maximum atomic E-state index is 14.3. The first-order valence-electron chi connectivity index (χ1n) is 18.3. The van der Waals surface area contributed by atoms with Crippen molar-refractivity contribution >= 4 is 49.3 Å². The van der Waals surface area contributed by atoms with E-state index in [4.69, 9.17) is 9.60 Å². The van der Waals surface area contributed by atoms with Crippen LogP contribution in [0, 0.1) is 31.7 Å². The van der Waals surface area contributed by atoms with Crippen LogP contribution in [-0.4, -0.2) is 28.2 Å². The molecule has 6 aromatic rings. The summed E-state index contributed by atoms with van der Waals surface area (Å²) in [5.74, 6) is 5.85. The summed E-state index contributed by atoms with van der Waals surface area (Å²) in [6, 6.07) is 21.9. The van der Waals surface area contributed by atoms with E-state index >= 15 is 0 Å². The summed E-state index contributed by atoms with van der Waals surface area (Å²) in [6.07, 6.45) is 3.16. The van der Waals surface area contributed by atoms with Gasteiger partial charge in [-0.1, -0.05) is 38.3 Å². The van der Waals surface area contributed by atoms with Crippen molar-refractivity contribution in [2.24, 2.45) is 0 Å². The molecule has 4 heterocycles. The number of fused-ring (bicyclic) bond motifs is 3. The van der Waals surface area contributed by atoms with Crippen molar-refractivity contribution in [2.75, 3.05) is 0 Å². The zero-order chi connectivity index (χ0) is 38.6. The number of hydrogen-bond donors (Lipinski definition) is 0. The average Bonchev–Trinajstić information content (AvgIpc) is 3.41. The van der Waals surface area contributed by atoms with Gasteiger partial charge in [0.15, 0.2) is 0 Å². The van der Waals surface area contributed by atoms with Crippen molar-refractivity contribution < 1.29 is 34.1 Å². The summed E-state index contributed by atoms with van der Waals surface area (Å²) < 4.78 is 70.0. The number of aryl methyl sites for hydroxylation is 2. The molecule has 0 bridgehead atoms. The van der Waals surface area contributed by atoms with Gasteiger partial charge in [0.25, 0.3) is 0 Å². The van der Waals surface area contributed by atoms with E-state index in [2.05, 4.69) is 44.4 Å². The molecule has 46 heavy (non-hydrogen) atoms. The molecule has 0 atom stereocenters. The molecular weight excluding hydrogens is 826 g/mol. The summed E-state index contributed by atoms with van der Waals surface area (Å²) in [5.41, 5.74) is 4.48. The third-order valence-corrected chi connectivity index (χ3v) is 12.9. The number of benzene rings is 2. The number of halogens is 1. The third-order valence-electron chi connectivity index (χ3n) is 7.56. The topological polar surface area (TPSA) is 38.7 Å². The Labute approximate surface area is 303 Å². The summed E-state index contributed by atoms with van der Waals surface area (Å²) in [4.78, 5) is 13.9.